The molecule has 0 aliphatic carbocycles. The summed E-state index contributed by atoms with van der Waals surface area (Å²) in [6.07, 6.45) is 14.0. The average molecular weight is 312 g/mol. The Bertz CT molecular complexity index is 558. The Morgan fingerprint density at radius 2 is 2.17 bits per heavy atom. The molecule has 1 saturated heterocycles. The summed E-state index contributed by atoms with van der Waals surface area (Å²) in [5, 5.41) is 0. The van der Waals surface area contributed by atoms with E-state index in [0.29, 0.717) is 5.92 Å². The fourth-order valence-corrected chi connectivity index (χ4v) is 3.24. The lowest BCUT2D eigenvalue weighted by atomic mass is 9.86. The van der Waals surface area contributed by atoms with Crippen LogP contribution in [-0.4, -0.2) is 30.5 Å². The van der Waals surface area contributed by atoms with Gasteiger partial charge in [0.05, 0.1) is 0 Å². The average Bonchev–Trinajstić information content (AvgIpc) is 2.84. The van der Waals surface area contributed by atoms with E-state index in [0.717, 1.165) is 62.7 Å². The number of aldehydes is 1. The highest BCUT2D eigenvalue weighted by atomic mass is 16.1. The zero-order valence-electron chi connectivity index (χ0n) is 14.4. The molecule has 0 unspecified atom stereocenters. The number of carbonyl (C=O) groups is 1. The number of likely N-dealkylation sites (tertiary alicyclic amines) is 1. The zero-order chi connectivity index (χ0) is 16.7. The van der Waals surface area contributed by atoms with Gasteiger partial charge in [0.2, 0.25) is 0 Å². The van der Waals surface area contributed by atoms with Gasteiger partial charge in [-0.3, -0.25) is 9.79 Å². The summed E-state index contributed by atoms with van der Waals surface area (Å²) < 4.78 is 0. The Morgan fingerprint density at radius 1 is 1.43 bits per heavy atom. The highest BCUT2D eigenvalue weighted by molar-refractivity contribution is 5.75. The van der Waals surface area contributed by atoms with Gasteiger partial charge in [-0.1, -0.05) is 31.2 Å². The molecule has 2 rings (SSSR count). The molecule has 124 valence electrons. The van der Waals surface area contributed by atoms with Gasteiger partial charge in [0.25, 0.3) is 0 Å². The van der Waals surface area contributed by atoms with Gasteiger partial charge >= 0.3 is 0 Å². The first kappa shape index (κ1) is 17.5. The molecule has 3 heteroatoms. The summed E-state index contributed by atoms with van der Waals surface area (Å²) in [4.78, 5) is 18.0. The SMILES string of the molecule is C=C(CC1=CN=CCC=C1)N1CCC(/C(C=O)=C(/C)CC)CC1. The Labute approximate surface area is 140 Å². The van der Waals surface area contributed by atoms with Crippen molar-refractivity contribution in [1.29, 1.82) is 0 Å². The van der Waals surface area contributed by atoms with E-state index in [9.17, 15) is 4.79 Å². The predicted molar refractivity (Wildman–Crippen MR) is 97.4 cm³/mol. The monoisotopic (exact) mass is 312 g/mol. The highest BCUT2D eigenvalue weighted by Gasteiger charge is 2.23. The lowest BCUT2D eigenvalue weighted by Crippen LogP contribution is -2.34. The number of rotatable bonds is 6. The molecule has 0 aromatic carbocycles. The molecule has 0 atom stereocenters. The summed E-state index contributed by atoms with van der Waals surface area (Å²) in [5.41, 5.74) is 4.63. The molecule has 2 aliphatic heterocycles. The van der Waals surface area contributed by atoms with Gasteiger partial charge in [0, 0.05) is 44.0 Å². The van der Waals surface area contributed by atoms with Crippen LogP contribution < -0.4 is 0 Å². The molecule has 0 bridgehead atoms. The van der Waals surface area contributed by atoms with E-state index in [1.807, 2.05) is 12.4 Å². The molecule has 0 aromatic rings. The number of piperidine rings is 1. The normalized spacial score (nSPS) is 19.9. The second-order valence-electron chi connectivity index (χ2n) is 6.39. The van der Waals surface area contributed by atoms with Crippen molar-refractivity contribution in [2.75, 3.05) is 13.1 Å². The van der Waals surface area contributed by atoms with Crippen molar-refractivity contribution >= 4 is 12.5 Å². The van der Waals surface area contributed by atoms with Crippen molar-refractivity contribution < 1.29 is 4.79 Å². The molecule has 0 radical (unpaired) electrons. The van der Waals surface area contributed by atoms with Crippen LogP contribution in [0.15, 0.2) is 52.3 Å². The van der Waals surface area contributed by atoms with E-state index in [2.05, 4.69) is 42.5 Å². The van der Waals surface area contributed by atoms with Crippen molar-refractivity contribution in [2.24, 2.45) is 10.9 Å². The Morgan fingerprint density at radius 3 is 2.83 bits per heavy atom. The number of carbonyl (C=O) groups excluding carboxylic acids is 1. The molecule has 0 N–H and O–H groups in total. The van der Waals surface area contributed by atoms with E-state index in [4.69, 9.17) is 0 Å². The fourth-order valence-electron chi connectivity index (χ4n) is 3.24. The van der Waals surface area contributed by atoms with Crippen LogP contribution in [0.3, 0.4) is 0 Å². The smallest absolute Gasteiger partial charge is 0.146 e. The minimum Gasteiger partial charge on any atom is -0.375 e. The van der Waals surface area contributed by atoms with E-state index < -0.39 is 0 Å². The Balaban J connectivity index is 1.91. The topological polar surface area (TPSA) is 32.7 Å². The number of hydrogen-bond acceptors (Lipinski definition) is 3. The molecule has 1 fully saturated rings. The second-order valence-corrected chi connectivity index (χ2v) is 6.39. The maximum Gasteiger partial charge on any atom is 0.146 e. The summed E-state index contributed by atoms with van der Waals surface area (Å²) >= 11 is 0. The molecular formula is C20H28N2O. The van der Waals surface area contributed by atoms with Crippen LogP contribution in [0.5, 0.6) is 0 Å². The summed E-state index contributed by atoms with van der Waals surface area (Å²) in [6.45, 7) is 10.4. The molecule has 23 heavy (non-hydrogen) atoms. The van der Waals surface area contributed by atoms with Crippen molar-refractivity contribution in [3.05, 3.63) is 47.3 Å². The minimum atomic E-state index is 0.415. The molecule has 3 nitrogen and oxygen atoms in total. The largest absolute Gasteiger partial charge is 0.375 e. The van der Waals surface area contributed by atoms with Gasteiger partial charge in [0.1, 0.15) is 6.29 Å². The Hall–Kier alpha value is -1.90. The quantitative estimate of drug-likeness (QED) is 0.536. The number of nitrogens with zero attached hydrogens (tertiary/aromatic N) is 2. The molecule has 0 spiro atoms. The van der Waals surface area contributed by atoms with Crippen LogP contribution in [0, 0.1) is 5.92 Å². The first-order chi connectivity index (χ1) is 11.2. The van der Waals surface area contributed by atoms with Crippen LogP contribution in [-0.2, 0) is 4.79 Å². The van der Waals surface area contributed by atoms with Crippen LogP contribution >= 0.6 is 0 Å². The predicted octanol–water partition coefficient (Wildman–Crippen LogP) is 4.44. The standard InChI is InChI=1S/C20H28N2O/c1-4-16(2)20(15-23)19-8-11-22(12-9-19)17(3)13-18-7-5-6-10-21-14-18/h5,7,10,14-15,19H,3-4,6,8-9,11-13H2,1-2H3/b20-16-. The first-order valence-corrected chi connectivity index (χ1v) is 8.60. The van der Waals surface area contributed by atoms with Gasteiger partial charge in [-0.05, 0) is 43.3 Å². The minimum absolute atomic E-state index is 0.415. The van der Waals surface area contributed by atoms with Crippen LogP contribution in [0.2, 0.25) is 0 Å². The molecule has 0 aromatic heterocycles. The summed E-state index contributed by atoms with van der Waals surface area (Å²) in [5.74, 6) is 0.415. The van der Waals surface area contributed by atoms with Gasteiger partial charge in [-0.2, -0.15) is 0 Å². The lowest BCUT2D eigenvalue weighted by molar-refractivity contribution is -0.105. The third kappa shape index (κ3) is 4.78. The van der Waals surface area contributed by atoms with E-state index in [-0.39, 0.29) is 0 Å². The maximum absolute atomic E-state index is 11.4. The van der Waals surface area contributed by atoms with Gasteiger partial charge in [0.15, 0.2) is 0 Å². The first-order valence-electron chi connectivity index (χ1n) is 8.60. The van der Waals surface area contributed by atoms with Crippen molar-refractivity contribution in [3.63, 3.8) is 0 Å². The van der Waals surface area contributed by atoms with Crippen molar-refractivity contribution in [1.82, 2.24) is 4.90 Å². The van der Waals surface area contributed by atoms with Gasteiger partial charge < -0.3 is 4.90 Å². The maximum atomic E-state index is 11.4. The lowest BCUT2D eigenvalue weighted by Gasteiger charge is -2.35. The van der Waals surface area contributed by atoms with E-state index >= 15 is 0 Å². The zero-order valence-corrected chi connectivity index (χ0v) is 14.4. The second kappa shape index (κ2) is 8.66. The van der Waals surface area contributed by atoms with Crippen molar-refractivity contribution in [2.45, 2.75) is 46.0 Å². The van der Waals surface area contributed by atoms with Crippen molar-refractivity contribution in [3.8, 4) is 0 Å². The van der Waals surface area contributed by atoms with Gasteiger partial charge in [-0.25, -0.2) is 0 Å². The summed E-state index contributed by atoms with van der Waals surface area (Å²) in [6, 6.07) is 0. The summed E-state index contributed by atoms with van der Waals surface area (Å²) in [7, 11) is 0. The van der Waals surface area contributed by atoms with E-state index in [1.165, 1.54) is 11.1 Å². The number of allylic oxidation sites excluding steroid dienone is 5. The van der Waals surface area contributed by atoms with Crippen LogP contribution in [0.4, 0.5) is 0 Å². The van der Waals surface area contributed by atoms with E-state index in [1.54, 1.807) is 0 Å². The molecular weight excluding hydrogens is 284 g/mol. The highest BCUT2D eigenvalue weighted by Crippen LogP contribution is 2.29. The fraction of sp³-hybridized carbons (Fsp3) is 0.500. The van der Waals surface area contributed by atoms with Crippen LogP contribution in [0.25, 0.3) is 0 Å². The van der Waals surface area contributed by atoms with Crippen LogP contribution in [0.1, 0.15) is 46.0 Å². The number of aliphatic imine (C=N–C) groups is 1. The number of hydrogen-bond donors (Lipinski definition) is 0. The third-order valence-corrected chi connectivity index (χ3v) is 4.86. The van der Waals surface area contributed by atoms with Gasteiger partial charge in [-0.15, -0.1) is 0 Å². The molecule has 0 amide bonds. The third-order valence-electron chi connectivity index (χ3n) is 4.86. The Kier molecular flexibility index (Phi) is 6.57. The molecule has 0 saturated carbocycles. The molecule has 2 aliphatic rings. The molecule has 2 heterocycles.